The van der Waals surface area contributed by atoms with Crippen molar-refractivity contribution >= 4 is 11.6 Å². The maximum Gasteiger partial charge on any atom is 0.273 e. The van der Waals surface area contributed by atoms with Gasteiger partial charge in [0.05, 0.1) is 12.8 Å². The van der Waals surface area contributed by atoms with Crippen LogP contribution in [0.5, 0.6) is 0 Å². The quantitative estimate of drug-likeness (QED) is 0.409. The van der Waals surface area contributed by atoms with Gasteiger partial charge in [0.25, 0.3) is 5.91 Å². The summed E-state index contributed by atoms with van der Waals surface area (Å²) in [4.78, 5) is 12.1. The molecule has 1 aliphatic carbocycles. The summed E-state index contributed by atoms with van der Waals surface area (Å²) in [5.74, 6) is -0.356. The van der Waals surface area contributed by atoms with E-state index < -0.39 is 37.1 Å². The van der Waals surface area contributed by atoms with Crippen LogP contribution in [0, 0.1) is 5.41 Å². The minimum atomic E-state index is -1.26. The van der Waals surface area contributed by atoms with Crippen molar-refractivity contribution in [2.24, 2.45) is 0 Å². The van der Waals surface area contributed by atoms with Crippen LogP contribution in [0.15, 0.2) is 6.20 Å². The molecule has 2 heterocycles. The molecule has 10 heteroatoms. The van der Waals surface area contributed by atoms with E-state index >= 15 is 0 Å². The fourth-order valence-electron chi connectivity index (χ4n) is 3.11. The number of carbonyl (C=O) groups is 1. The molecule has 2 aliphatic rings. The van der Waals surface area contributed by atoms with Crippen LogP contribution in [0.25, 0.3) is 0 Å². The molecule has 5 N–H and O–H groups in total. The van der Waals surface area contributed by atoms with E-state index in [4.69, 9.17) is 10.1 Å². The van der Waals surface area contributed by atoms with E-state index in [0.717, 1.165) is 19.3 Å². The lowest BCUT2D eigenvalue weighted by molar-refractivity contribution is -0.185. The monoisotopic (exact) mass is 353 g/mol. The molecule has 3 rings (SSSR count). The molecule has 0 unspecified atom stereocenters. The third-order valence-corrected chi connectivity index (χ3v) is 4.81. The lowest BCUT2D eigenvalue weighted by atomic mass is 9.91. The number of nitrogens with zero attached hydrogens (tertiary/aromatic N) is 3. The number of nitrogens with one attached hydrogen (secondary N) is 2. The van der Waals surface area contributed by atoms with Gasteiger partial charge in [0, 0.05) is 11.8 Å². The van der Waals surface area contributed by atoms with Crippen LogP contribution in [0.1, 0.15) is 42.7 Å². The Morgan fingerprint density at radius 1 is 1.44 bits per heavy atom. The Morgan fingerprint density at radius 3 is 2.72 bits per heavy atom. The molecule has 0 spiro atoms. The Balaban J connectivity index is 1.80. The van der Waals surface area contributed by atoms with Crippen molar-refractivity contribution in [2.45, 2.75) is 62.7 Å². The van der Waals surface area contributed by atoms with Crippen molar-refractivity contribution in [3.8, 4) is 0 Å². The van der Waals surface area contributed by atoms with Gasteiger partial charge in [-0.3, -0.25) is 4.79 Å². The number of aliphatic hydroxyl groups excluding tert-OH is 3. The molecular formula is C15H23N5O5. The Hall–Kier alpha value is -1.88. The first-order valence-corrected chi connectivity index (χ1v) is 8.32. The minimum Gasteiger partial charge on any atom is -0.394 e. The van der Waals surface area contributed by atoms with Gasteiger partial charge in [0.15, 0.2) is 5.69 Å². The van der Waals surface area contributed by atoms with Crippen LogP contribution >= 0.6 is 0 Å². The first-order valence-electron chi connectivity index (χ1n) is 8.32. The Morgan fingerprint density at radius 2 is 2.16 bits per heavy atom. The normalized spacial score (nSPS) is 32.9. The molecule has 25 heavy (non-hydrogen) atoms. The molecule has 1 saturated carbocycles. The van der Waals surface area contributed by atoms with Crippen molar-refractivity contribution in [3.63, 3.8) is 0 Å². The van der Waals surface area contributed by atoms with Gasteiger partial charge in [-0.2, -0.15) is 0 Å². The molecule has 2 fully saturated rings. The smallest absolute Gasteiger partial charge is 0.273 e. The Labute approximate surface area is 144 Å². The fraction of sp³-hybridized carbons (Fsp3) is 0.733. The highest BCUT2D eigenvalue weighted by molar-refractivity contribution is 5.92. The van der Waals surface area contributed by atoms with Crippen LogP contribution < -0.4 is 5.32 Å². The van der Waals surface area contributed by atoms with Gasteiger partial charge in [-0.1, -0.05) is 5.21 Å². The zero-order chi connectivity index (χ0) is 18.1. The highest BCUT2D eigenvalue weighted by atomic mass is 16.5. The highest BCUT2D eigenvalue weighted by Crippen LogP contribution is 2.30. The molecule has 5 atom stereocenters. The summed E-state index contributed by atoms with van der Waals surface area (Å²) in [6.45, 7) is 0.994. The van der Waals surface area contributed by atoms with Gasteiger partial charge >= 0.3 is 0 Å². The fourth-order valence-corrected chi connectivity index (χ4v) is 3.11. The number of amides is 1. The van der Waals surface area contributed by atoms with Crippen molar-refractivity contribution < 1.29 is 24.9 Å². The maximum absolute atomic E-state index is 12.1. The summed E-state index contributed by atoms with van der Waals surface area (Å²) in [6, 6.07) is -0.838. The molecular weight excluding hydrogens is 330 g/mol. The minimum absolute atomic E-state index is 0.0610. The lowest BCUT2D eigenvalue weighted by Crippen LogP contribution is -2.57. The van der Waals surface area contributed by atoms with Crippen LogP contribution in [0.4, 0.5) is 0 Å². The number of carbonyl (C=O) groups excluding carboxylic acids is 1. The summed E-state index contributed by atoms with van der Waals surface area (Å²) < 4.78 is 6.59. The van der Waals surface area contributed by atoms with Crippen LogP contribution in [0.2, 0.25) is 0 Å². The first-order chi connectivity index (χ1) is 11.9. The van der Waals surface area contributed by atoms with Crippen molar-refractivity contribution in [2.75, 3.05) is 6.61 Å². The van der Waals surface area contributed by atoms with Gasteiger partial charge in [-0.05, 0) is 26.2 Å². The number of hydrogen-bond donors (Lipinski definition) is 5. The molecule has 10 nitrogen and oxygen atoms in total. The van der Waals surface area contributed by atoms with E-state index in [-0.39, 0.29) is 23.4 Å². The lowest BCUT2D eigenvalue weighted by Gasteiger charge is -2.41. The second-order valence-corrected chi connectivity index (χ2v) is 6.62. The standard InChI is InChI=1S/C15H23N5O5/c1-7(16)14-13(23)11(12(22)10(6-21)25-14)20-5-9(18-19-20)15(24)17-8-3-2-4-8/h5,8,10-14,16,21-23H,2-4,6H2,1H3,(H,17,24)/t10-,11+,12+,13-,14+/m1/s1. The summed E-state index contributed by atoms with van der Waals surface area (Å²) in [6.07, 6.45) is -0.172. The van der Waals surface area contributed by atoms with E-state index in [1.807, 2.05) is 0 Å². The molecule has 1 aliphatic heterocycles. The average molecular weight is 353 g/mol. The van der Waals surface area contributed by atoms with Crippen molar-refractivity contribution in [1.82, 2.24) is 20.3 Å². The van der Waals surface area contributed by atoms with E-state index in [1.165, 1.54) is 17.8 Å². The molecule has 0 bridgehead atoms. The maximum atomic E-state index is 12.1. The second-order valence-electron chi connectivity index (χ2n) is 6.62. The average Bonchev–Trinajstić information content (AvgIpc) is 3.00. The second kappa shape index (κ2) is 7.16. The Bertz CT molecular complexity index is 646. The van der Waals surface area contributed by atoms with Gasteiger partial charge in [-0.25, -0.2) is 4.68 Å². The predicted octanol–water partition coefficient (Wildman–Crippen LogP) is -1.38. The van der Waals surface area contributed by atoms with E-state index in [2.05, 4.69) is 15.6 Å². The number of hydrogen-bond acceptors (Lipinski definition) is 8. The van der Waals surface area contributed by atoms with E-state index in [9.17, 15) is 20.1 Å². The van der Waals surface area contributed by atoms with Gasteiger partial charge in [0.2, 0.25) is 0 Å². The molecule has 1 aromatic rings. The van der Waals surface area contributed by atoms with E-state index in [1.54, 1.807) is 0 Å². The third kappa shape index (κ3) is 3.43. The van der Waals surface area contributed by atoms with Crippen LogP contribution in [-0.4, -0.2) is 79.0 Å². The van der Waals surface area contributed by atoms with E-state index in [0.29, 0.717) is 0 Å². The van der Waals surface area contributed by atoms with Crippen LogP contribution in [0.3, 0.4) is 0 Å². The molecule has 1 saturated heterocycles. The topological polar surface area (TPSA) is 154 Å². The predicted molar refractivity (Wildman–Crippen MR) is 85.3 cm³/mol. The number of aliphatic hydroxyl groups is 3. The summed E-state index contributed by atoms with van der Waals surface area (Å²) in [5, 5.41) is 48.5. The number of ether oxygens (including phenoxy) is 1. The number of aromatic nitrogens is 3. The van der Waals surface area contributed by atoms with Crippen molar-refractivity contribution in [3.05, 3.63) is 11.9 Å². The SMILES string of the molecule is CC(=N)[C@@H]1O[C@H](CO)[C@H](O)[C@H](n2cc(C(=O)NC3CCC3)nn2)[C@H]1O. The number of rotatable bonds is 5. The third-order valence-electron chi connectivity index (χ3n) is 4.81. The summed E-state index contributed by atoms with van der Waals surface area (Å²) in [7, 11) is 0. The highest BCUT2D eigenvalue weighted by Gasteiger charge is 2.46. The van der Waals surface area contributed by atoms with Crippen molar-refractivity contribution in [1.29, 1.82) is 5.41 Å². The molecule has 0 radical (unpaired) electrons. The van der Waals surface area contributed by atoms with Gasteiger partial charge < -0.3 is 30.8 Å². The van der Waals surface area contributed by atoms with Crippen LogP contribution in [-0.2, 0) is 4.74 Å². The zero-order valence-electron chi connectivity index (χ0n) is 13.9. The Kier molecular flexibility index (Phi) is 5.13. The summed E-state index contributed by atoms with van der Waals surface area (Å²) >= 11 is 0. The van der Waals surface area contributed by atoms with Gasteiger partial charge in [-0.15, -0.1) is 5.10 Å². The largest absolute Gasteiger partial charge is 0.394 e. The van der Waals surface area contributed by atoms with Gasteiger partial charge in [0.1, 0.15) is 30.5 Å². The molecule has 1 aromatic heterocycles. The summed E-state index contributed by atoms with van der Waals surface area (Å²) in [5.41, 5.74) is 0.146. The molecule has 0 aromatic carbocycles. The zero-order valence-corrected chi connectivity index (χ0v) is 13.9. The molecule has 138 valence electrons. The first kappa shape index (κ1) is 17.9. The molecule has 1 amide bonds.